The molecule has 4 nitrogen and oxygen atoms in total. The van der Waals surface area contributed by atoms with Gasteiger partial charge in [0, 0.05) is 6.20 Å². The van der Waals surface area contributed by atoms with Crippen molar-refractivity contribution in [2.45, 2.75) is 0 Å². The molecule has 0 aliphatic heterocycles. The number of phenolic OH excluding ortho intramolecular Hbond substituents is 1. The van der Waals surface area contributed by atoms with Crippen molar-refractivity contribution >= 4 is 22.9 Å². The van der Waals surface area contributed by atoms with Gasteiger partial charge in [-0.1, -0.05) is 11.3 Å². The first-order valence-corrected chi connectivity index (χ1v) is 5.06. The second-order valence-electron chi connectivity index (χ2n) is 2.84. The molecule has 0 aliphatic carbocycles. The molecule has 2 rings (SSSR count). The van der Waals surface area contributed by atoms with Crippen LogP contribution in [0.4, 0.5) is 5.13 Å². The van der Waals surface area contributed by atoms with Crippen molar-refractivity contribution in [3.05, 3.63) is 30.5 Å². The molecule has 0 unspecified atom stereocenters. The Bertz CT molecular complexity index is 465. The fourth-order valence-electron chi connectivity index (χ4n) is 1.15. The van der Waals surface area contributed by atoms with Crippen molar-refractivity contribution in [2.75, 3.05) is 5.32 Å². The van der Waals surface area contributed by atoms with Crippen LogP contribution in [-0.2, 0) is 4.79 Å². The summed E-state index contributed by atoms with van der Waals surface area (Å²) in [5, 5.41) is 12.2. The molecule has 0 saturated carbocycles. The number of carbonyl (C=O) groups is 1. The third-order valence-electron chi connectivity index (χ3n) is 1.84. The van der Waals surface area contributed by atoms with E-state index in [2.05, 4.69) is 10.3 Å². The van der Waals surface area contributed by atoms with Gasteiger partial charge < -0.3 is 10.4 Å². The summed E-state index contributed by atoms with van der Waals surface area (Å²) in [7, 11) is 0. The Balaban J connectivity index is 2.28. The highest BCUT2D eigenvalue weighted by atomic mass is 32.1. The van der Waals surface area contributed by atoms with Crippen molar-refractivity contribution in [3.63, 3.8) is 0 Å². The van der Waals surface area contributed by atoms with Gasteiger partial charge in [0.2, 0.25) is 6.41 Å². The second-order valence-corrected chi connectivity index (χ2v) is 3.87. The van der Waals surface area contributed by atoms with Gasteiger partial charge in [0.1, 0.15) is 5.75 Å². The van der Waals surface area contributed by atoms with Crippen LogP contribution in [0.3, 0.4) is 0 Å². The zero-order valence-electron chi connectivity index (χ0n) is 7.68. The quantitative estimate of drug-likeness (QED) is 0.778. The Hall–Kier alpha value is -1.88. The number of aromatic nitrogens is 1. The molecule has 0 fully saturated rings. The topological polar surface area (TPSA) is 62.2 Å². The highest BCUT2D eigenvalue weighted by Gasteiger charge is 2.03. The number of carbonyl (C=O) groups excluding carboxylic acids is 1. The number of benzene rings is 1. The standard InChI is InChI=1S/C10H8N2O2S/c13-6-12-10-11-5-9(15-10)7-1-3-8(14)4-2-7/h1-6,14H,(H,11,12,13). The van der Waals surface area contributed by atoms with Crippen LogP contribution in [0.15, 0.2) is 30.5 Å². The Kier molecular flexibility index (Phi) is 2.64. The third-order valence-corrected chi connectivity index (χ3v) is 2.82. The zero-order valence-corrected chi connectivity index (χ0v) is 8.49. The maximum Gasteiger partial charge on any atom is 0.213 e. The van der Waals surface area contributed by atoms with Gasteiger partial charge in [0.15, 0.2) is 5.13 Å². The molecule has 0 saturated heterocycles. The maximum absolute atomic E-state index is 10.2. The average molecular weight is 220 g/mol. The predicted octanol–water partition coefficient (Wildman–Crippen LogP) is 2.08. The number of nitrogens with one attached hydrogen (secondary N) is 1. The minimum absolute atomic E-state index is 0.231. The fourth-order valence-corrected chi connectivity index (χ4v) is 1.93. The number of phenols is 1. The molecule has 76 valence electrons. The molecule has 1 heterocycles. The number of nitrogens with zero attached hydrogens (tertiary/aromatic N) is 1. The molecule has 1 aromatic carbocycles. The number of hydrogen-bond acceptors (Lipinski definition) is 4. The van der Waals surface area contributed by atoms with E-state index >= 15 is 0 Å². The van der Waals surface area contributed by atoms with E-state index in [1.165, 1.54) is 11.3 Å². The van der Waals surface area contributed by atoms with Crippen LogP contribution in [0, 0.1) is 0 Å². The van der Waals surface area contributed by atoms with Crippen molar-refractivity contribution in [2.24, 2.45) is 0 Å². The lowest BCUT2D eigenvalue weighted by Crippen LogP contribution is -1.90. The summed E-state index contributed by atoms with van der Waals surface area (Å²) in [5.41, 5.74) is 0.962. The molecule has 1 amide bonds. The predicted molar refractivity (Wildman–Crippen MR) is 58.9 cm³/mol. The number of hydrogen-bond donors (Lipinski definition) is 2. The molecule has 0 atom stereocenters. The maximum atomic E-state index is 10.2. The van der Waals surface area contributed by atoms with Crippen LogP contribution < -0.4 is 5.32 Å². The van der Waals surface area contributed by atoms with Crippen LogP contribution >= 0.6 is 11.3 Å². The van der Waals surface area contributed by atoms with Gasteiger partial charge in [-0.2, -0.15) is 0 Å². The van der Waals surface area contributed by atoms with Crippen molar-refractivity contribution in [1.29, 1.82) is 0 Å². The van der Waals surface area contributed by atoms with Gasteiger partial charge in [0.05, 0.1) is 4.88 Å². The van der Waals surface area contributed by atoms with E-state index < -0.39 is 0 Å². The minimum atomic E-state index is 0.231. The highest BCUT2D eigenvalue weighted by Crippen LogP contribution is 2.29. The number of thiazole rings is 1. The molecule has 2 N–H and O–H groups in total. The van der Waals surface area contributed by atoms with E-state index in [1.54, 1.807) is 30.5 Å². The van der Waals surface area contributed by atoms with Crippen LogP contribution in [0.25, 0.3) is 10.4 Å². The summed E-state index contributed by atoms with van der Waals surface area (Å²) in [5.74, 6) is 0.231. The summed E-state index contributed by atoms with van der Waals surface area (Å²) in [6.07, 6.45) is 2.28. The Morgan fingerprint density at radius 1 is 1.33 bits per heavy atom. The van der Waals surface area contributed by atoms with Crippen LogP contribution in [0.1, 0.15) is 0 Å². The van der Waals surface area contributed by atoms with E-state index in [0.717, 1.165) is 10.4 Å². The average Bonchev–Trinajstić information content (AvgIpc) is 2.68. The van der Waals surface area contributed by atoms with E-state index in [4.69, 9.17) is 5.11 Å². The molecule has 0 radical (unpaired) electrons. The van der Waals surface area contributed by atoms with Gasteiger partial charge in [-0.15, -0.1) is 0 Å². The normalized spacial score (nSPS) is 9.87. The summed E-state index contributed by atoms with van der Waals surface area (Å²) in [4.78, 5) is 15.1. The Morgan fingerprint density at radius 3 is 2.73 bits per heavy atom. The SMILES string of the molecule is O=CNc1ncc(-c2ccc(O)cc2)s1. The fraction of sp³-hybridized carbons (Fsp3) is 0. The minimum Gasteiger partial charge on any atom is -0.508 e. The summed E-state index contributed by atoms with van der Waals surface area (Å²) >= 11 is 1.38. The van der Waals surface area contributed by atoms with E-state index in [-0.39, 0.29) is 5.75 Å². The van der Waals surface area contributed by atoms with E-state index in [9.17, 15) is 4.79 Å². The van der Waals surface area contributed by atoms with Crippen LogP contribution in [0.5, 0.6) is 5.75 Å². The van der Waals surface area contributed by atoms with Gasteiger partial charge in [-0.05, 0) is 29.8 Å². The highest BCUT2D eigenvalue weighted by molar-refractivity contribution is 7.19. The molecule has 15 heavy (non-hydrogen) atoms. The van der Waals surface area contributed by atoms with Crippen molar-refractivity contribution in [3.8, 4) is 16.2 Å². The molecule has 5 heteroatoms. The van der Waals surface area contributed by atoms with Gasteiger partial charge in [0.25, 0.3) is 0 Å². The molecular weight excluding hydrogens is 212 g/mol. The number of rotatable bonds is 3. The Morgan fingerprint density at radius 2 is 2.07 bits per heavy atom. The third kappa shape index (κ3) is 2.13. The smallest absolute Gasteiger partial charge is 0.213 e. The Labute approximate surface area is 90.2 Å². The first-order valence-electron chi connectivity index (χ1n) is 4.25. The lowest BCUT2D eigenvalue weighted by molar-refractivity contribution is -0.105. The lowest BCUT2D eigenvalue weighted by Gasteiger charge is -1.95. The van der Waals surface area contributed by atoms with Crippen molar-refractivity contribution in [1.82, 2.24) is 4.98 Å². The van der Waals surface area contributed by atoms with Gasteiger partial charge >= 0.3 is 0 Å². The molecule has 1 aromatic heterocycles. The number of aromatic hydroxyl groups is 1. The largest absolute Gasteiger partial charge is 0.508 e. The molecule has 2 aromatic rings. The molecule has 0 bridgehead atoms. The monoisotopic (exact) mass is 220 g/mol. The van der Waals surface area contributed by atoms with Crippen LogP contribution in [-0.4, -0.2) is 16.5 Å². The van der Waals surface area contributed by atoms with Gasteiger partial charge in [-0.3, -0.25) is 4.79 Å². The van der Waals surface area contributed by atoms with Crippen molar-refractivity contribution < 1.29 is 9.90 Å². The molecule has 0 spiro atoms. The molecular formula is C10H8N2O2S. The van der Waals surface area contributed by atoms with E-state index in [1.807, 2.05) is 0 Å². The first kappa shape index (κ1) is 9.67. The zero-order chi connectivity index (χ0) is 10.7. The summed E-state index contributed by atoms with van der Waals surface area (Å²) < 4.78 is 0. The number of amides is 1. The molecule has 0 aliphatic rings. The lowest BCUT2D eigenvalue weighted by atomic mass is 10.2. The summed E-state index contributed by atoms with van der Waals surface area (Å²) in [6.45, 7) is 0. The number of anilines is 1. The van der Waals surface area contributed by atoms with Crippen LogP contribution in [0.2, 0.25) is 0 Å². The summed E-state index contributed by atoms with van der Waals surface area (Å²) in [6, 6.07) is 6.82. The van der Waals surface area contributed by atoms with Gasteiger partial charge in [-0.25, -0.2) is 4.98 Å². The second kappa shape index (κ2) is 4.10. The first-order chi connectivity index (χ1) is 7.29. The van der Waals surface area contributed by atoms with E-state index in [0.29, 0.717) is 11.5 Å².